The average molecular weight is 544 g/mol. The Kier molecular flexibility index (Phi) is 7.24. The van der Waals surface area contributed by atoms with Gasteiger partial charge in [0.05, 0.1) is 0 Å². The minimum absolute atomic E-state index is 0.487. The van der Waals surface area contributed by atoms with E-state index in [9.17, 15) is 13.2 Å². The van der Waals surface area contributed by atoms with Gasteiger partial charge in [0.25, 0.3) is 0 Å². The van der Waals surface area contributed by atoms with Crippen molar-refractivity contribution in [1.29, 1.82) is 0 Å². The van der Waals surface area contributed by atoms with E-state index in [1.165, 1.54) is 0 Å². The zero-order valence-electron chi connectivity index (χ0n) is 19.6. The monoisotopic (exact) mass is 544 g/mol. The van der Waals surface area contributed by atoms with Gasteiger partial charge in [-0.3, -0.25) is 0 Å². The van der Waals surface area contributed by atoms with Crippen LogP contribution in [0.1, 0.15) is 68.7 Å². The van der Waals surface area contributed by atoms with Crippen molar-refractivity contribution in [2.45, 2.75) is 102 Å². The first kappa shape index (κ1) is 26.6. The molecule has 3 N–H and O–H groups in total. The van der Waals surface area contributed by atoms with Crippen LogP contribution in [0.15, 0.2) is 21.5 Å². The second-order valence-corrected chi connectivity index (χ2v) is 57.8. The molecular weight excluding hydrogens is 503 g/mol. The molecule has 0 heterocycles. The fraction of sp³-hybridized carbons (Fsp3) is 0.800. The molecule has 1 aliphatic rings. The SMILES string of the molecule is CC(C)(C)[NH][Zr]([NH]C(C)(C)C)([NH]C(C)(C)C)([C]1=CC=CC1)[Ge]([CH3])([CH3])[C](F)(F)F. The summed E-state index contributed by atoms with van der Waals surface area (Å²) in [5.74, 6) is 3.11. The first-order valence-electron chi connectivity index (χ1n) is 10.0. The van der Waals surface area contributed by atoms with Crippen molar-refractivity contribution in [3.8, 4) is 0 Å². The zero-order valence-corrected chi connectivity index (χ0v) is 24.1. The molecular formula is C20H41F3GeN3Zr. The number of hydrogen-bond donors (Lipinski definition) is 3. The summed E-state index contributed by atoms with van der Waals surface area (Å²) in [4.78, 5) is 0. The van der Waals surface area contributed by atoms with Gasteiger partial charge in [-0.1, -0.05) is 0 Å². The molecule has 0 aromatic heterocycles. The van der Waals surface area contributed by atoms with E-state index in [2.05, 4.69) is 9.78 Å². The van der Waals surface area contributed by atoms with Crippen molar-refractivity contribution in [2.75, 3.05) is 0 Å². The zero-order chi connectivity index (χ0) is 22.5. The van der Waals surface area contributed by atoms with E-state index in [1.54, 1.807) is 11.5 Å². The maximum absolute atomic E-state index is 14.9. The Balaban J connectivity index is 4.16. The van der Waals surface area contributed by atoms with Crippen molar-refractivity contribution in [2.24, 2.45) is 0 Å². The molecule has 1 aliphatic carbocycles. The van der Waals surface area contributed by atoms with Crippen molar-refractivity contribution >= 4 is 9.48 Å². The van der Waals surface area contributed by atoms with Crippen LogP contribution in [0.4, 0.5) is 13.2 Å². The van der Waals surface area contributed by atoms with E-state index in [4.69, 9.17) is 0 Å². The molecule has 0 radical (unpaired) electrons. The van der Waals surface area contributed by atoms with Gasteiger partial charge in [0.15, 0.2) is 0 Å². The summed E-state index contributed by atoms with van der Waals surface area (Å²) in [6, 6.07) is 0. The van der Waals surface area contributed by atoms with Crippen LogP contribution in [0, 0.1) is 0 Å². The molecule has 0 aliphatic heterocycles. The Morgan fingerprint density at radius 1 is 0.786 bits per heavy atom. The van der Waals surface area contributed by atoms with Crippen LogP contribution >= 0.6 is 0 Å². The van der Waals surface area contributed by atoms with Crippen molar-refractivity contribution in [3.63, 3.8) is 0 Å². The fourth-order valence-electron chi connectivity index (χ4n) is 4.56. The number of halogens is 3. The van der Waals surface area contributed by atoms with E-state index in [1.807, 2.05) is 80.5 Å². The molecule has 0 aromatic carbocycles. The normalized spacial score (nSPS) is 18.8. The average Bonchev–Trinajstić information content (AvgIpc) is 2.84. The van der Waals surface area contributed by atoms with Gasteiger partial charge >= 0.3 is 173 Å². The van der Waals surface area contributed by atoms with E-state index in [0.717, 1.165) is 3.28 Å². The number of alkyl halides is 3. The number of allylic oxidation sites excluding steroid dienone is 4. The Bertz CT molecular complexity index is 604. The molecule has 0 saturated carbocycles. The molecule has 0 atom stereocenters. The third-order valence-corrected chi connectivity index (χ3v) is 70.9. The molecule has 0 saturated heterocycles. The topological polar surface area (TPSA) is 36.1 Å². The minimum atomic E-state index is -5.36. The number of rotatable bonds is 5. The summed E-state index contributed by atoms with van der Waals surface area (Å²) in [6.45, 7) is 17.8. The Morgan fingerprint density at radius 3 is 1.36 bits per heavy atom. The third kappa shape index (κ3) is 5.24. The van der Waals surface area contributed by atoms with Gasteiger partial charge in [0.1, 0.15) is 0 Å². The fourth-order valence-corrected chi connectivity index (χ4v) is 70.2. The Morgan fingerprint density at radius 2 is 1.14 bits per heavy atom. The predicted molar refractivity (Wildman–Crippen MR) is 114 cm³/mol. The van der Waals surface area contributed by atoms with Crippen LogP contribution in [-0.2, 0) is 17.1 Å². The molecule has 8 heteroatoms. The van der Waals surface area contributed by atoms with E-state index in [-0.39, 0.29) is 0 Å². The molecule has 1 rings (SSSR count). The van der Waals surface area contributed by atoms with Gasteiger partial charge in [0, 0.05) is 0 Å². The molecule has 0 bridgehead atoms. The molecule has 28 heavy (non-hydrogen) atoms. The summed E-state index contributed by atoms with van der Waals surface area (Å²) >= 11 is -5.36. The standard InChI is InChI=1S/C5H5.3C4H10N.C3H6F3Ge.Zr/c1-2-4-5-3-1;3*1-4(2,3)5;1-7(2)3(4,5)6;/h1-3H,4H2;3*5H,1-3H3;1-2H3;/q;3*-1;;+3. The van der Waals surface area contributed by atoms with E-state index in [0.29, 0.717) is 6.42 Å². The molecule has 3 nitrogen and oxygen atoms in total. The van der Waals surface area contributed by atoms with Gasteiger partial charge in [-0.2, -0.15) is 0 Å². The predicted octanol–water partition coefficient (Wildman–Crippen LogP) is 5.74. The molecule has 165 valence electrons. The van der Waals surface area contributed by atoms with Crippen molar-refractivity contribution in [3.05, 3.63) is 21.5 Å². The molecule has 0 spiro atoms. The molecule has 0 aromatic rings. The summed E-state index contributed by atoms with van der Waals surface area (Å²) in [5.41, 5.74) is -1.46. The van der Waals surface area contributed by atoms with Gasteiger partial charge < -0.3 is 0 Å². The van der Waals surface area contributed by atoms with Crippen LogP contribution < -0.4 is 9.78 Å². The van der Waals surface area contributed by atoms with Gasteiger partial charge in [-0.15, -0.1) is 0 Å². The van der Waals surface area contributed by atoms with Gasteiger partial charge in [0.2, 0.25) is 0 Å². The van der Waals surface area contributed by atoms with Crippen LogP contribution in [0.5, 0.6) is 0 Å². The summed E-state index contributed by atoms with van der Waals surface area (Å²) < 4.78 is 56.9. The Hall–Kier alpha value is 0.576. The summed E-state index contributed by atoms with van der Waals surface area (Å²) in [5, 5.41) is -4.22. The summed E-state index contributed by atoms with van der Waals surface area (Å²) in [6.07, 6.45) is 6.40. The second kappa shape index (κ2) is 7.61. The third-order valence-electron chi connectivity index (χ3n) is 5.25. The van der Waals surface area contributed by atoms with Crippen LogP contribution in [0.3, 0.4) is 0 Å². The first-order chi connectivity index (χ1) is 12.1. The maximum atomic E-state index is 14.9. The quantitative estimate of drug-likeness (QED) is 0.387. The molecule has 0 amide bonds. The van der Waals surface area contributed by atoms with Crippen LogP contribution in [-0.4, -0.2) is 31.1 Å². The van der Waals surface area contributed by atoms with Crippen LogP contribution in [0.2, 0.25) is 11.5 Å². The summed E-state index contributed by atoms with van der Waals surface area (Å²) in [7, 11) is -4.65. The van der Waals surface area contributed by atoms with Crippen molar-refractivity contribution < 1.29 is 30.3 Å². The first-order valence-corrected chi connectivity index (χ1v) is 27.6. The number of hydrogen-bond acceptors (Lipinski definition) is 3. The van der Waals surface area contributed by atoms with Crippen molar-refractivity contribution in [1.82, 2.24) is 9.78 Å². The van der Waals surface area contributed by atoms with Gasteiger partial charge in [-0.05, 0) is 0 Å². The Labute approximate surface area is 172 Å². The van der Waals surface area contributed by atoms with E-state index < -0.39 is 48.2 Å². The number of nitrogens with one attached hydrogen (secondary N) is 3. The van der Waals surface area contributed by atoms with Crippen LogP contribution in [0.25, 0.3) is 0 Å². The molecule has 0 unspecified atom stereocenters. The van der Waals surface area contributed by atoms with Gasteiger partial charge in [-0.25, -0.2) is 0 Å². The molecule has 0 fully saturated rings. The van der Waals surface area contributed by atoms with E-state index >= 15 is 0 Å². The second-order valence-electron chi connectivity index (χ2n) is 11.8.